The van der Waals surface area contributed by atoms with Gasteiger partial charge in [0.15, 0.2) is 0 Å². The average molecular weight is 319 g/mol. The summed E-state index contributed by atoms with van der Waals surface area (Å²) in [6, 6.07) is 6.97. The predicted molar refractivity (Wildman–Crippen MR) is 83.5 cm³/mol. The van der Waals surface area contributed by atoms with Gasteiger partial charge in [-0.25, -0.2) is 13.1 Å². The van der Waals surface area contributed by atoms with E-state index < -0.39 is 10.0 Å². The lowest BCUT2D eigenvalue weighted by atomic mass is 9.85. The number of rotatable bonds is 4. The summed E-state index contributed by atoms with van der Waals surface area (Å²) in [6.45, 7) is 2.43. The molecule has 6 heteroatoms. The Kier molecular flexibility index (Phi) is 6.45. The molecule has 0 bridgehead atoms. The molecule has 2 rings (SSSR count). The number of sulfonamides is 1. The van der Waals surface area contributed by atoms with Crippen LogP contribution in [0.25, 0.3) is 0 Å². The van der Waals surface area contributed by atoms with Crippen molar-refractivity contribution >= 4 is 22.4 Å². The van der Waals surface area contributed by atoms with Crippen LogP contribution in [0.3, 0.4) is 0 Å². The van der Waals surface area contributed by atoms with E-state index in [1.807, 2.05) is 13.0 Å². The van der Waals surface area contributed by atoms with Gasteiger partial charge in [-0.2, -0.15) is 0 Å². The summed E-state index contributed by atoms with van der Waals surface area (Å²) in [5.74, 6) is 0.258. The normalized spacial score (nSPS) is 23.1. The third kappa shape index (κ3) is 4.19. The van der Waals surface area contributed by atoms with Gasteiger partial charge < -0.3 is 5.73 Å². The minimum Gasteiger partial charge on any atom is -0.330 e. The number of nitrogens with two attached hydrogens (primary N) is 1. The van der Waals surface area contributed by atoms with E-state index in [-0.39, 0.29) is 24.4 Å². The van der Waals surface area contributed by atoms with Crippen LogP contribution in [0, 0.1) is 12.8 Å². The summed E-state index contributed by atoms with van der Waals surface area (Å²) >= 11 is 0. The highest BCUT2D eigenvalue weighted by Gasteiger charge is 2.28. The minimum absolute atomic E-state index is 0. The number of aryl methyl sites for hydroxylation is 1. The second-order valence-corrected chi connectivity index (χ2v) is 7.04. The summed E-state index contributed by atoms with van der Waals surface area (Å²) in [5, 5.41) is 0. The Labute approximate surface area is 127 Å². The van der Waals surface area contributed by atoms with Crippen LogP contribution in [0.15, 0.2) is 29.2 Å². The van der Waals surface area contributed by atoms with Gasteiger partial charge in [-0.3, -0.25) is 0 Å². The molecule has 1 aliphatic carbocycles. The van der Waals surface area contributed by atoms with Crippen molar-refractivity contribution in [2.45, 2.75) is 43.5 Å². The lowest BCUT2D eigenvalue weighted by Gasteiger charge is -2.31. The largest absolute Gasteiger partial charge is 0.330 e. The van der Waals surface area contributed by atoms with Gasteiger partial charge in [0.25, 0.3) is 0 Å². The molecule has 0 radical (unpaired) electrons. The molecule has 4 nitrogen and oxygen atoms in total. The molecule has 0 amide bonds. The van der Waals surface area contributed by atoms with Crippen molar-refractivity contribution in [1.29, 1.82) is 0 Å². The van der Waals surface area contributed by atoms with E-state index in [0.29, 0.717) is 11.4 Å². The monoisotopic (exact) mass is 318 g/mol. The summed E-state index contributed by atoms with van der Waals surface area (Å²) < 4.78 is 27.6. The maximum Gasteiger partial charge on any atom is 0.240 e. The van der Waals surface area contributed by atoms with E-state index >= 15 is 0 Å². The second kappa shape index (κ2) is 7.41. The Bertz CT molecular complexity index is 534. The van der Waals surface area contributed by atoms with Crippen molar-refractivity contribution < 1.29 is 8.42 Å². The fraction of sp³-hybridized carbons (Fsp3) is 0.571. The molecule has 1 aromatic carbocycles. The Morgan fingerprint density at radius 1 is 1.30 bits per heavy atom. The highest BCUT2D eigenvalue weighted by atomic mass is 35.5. The van der Waals surface area contributed by atoms with Gasteiger partial charge in [0.05, 0.1) is 4.90 Å². The van der Waals surface area contributed by atoms with Crippen LogP contribution in [-0.2, 0) is 10.0 Å². The third-order valence-corrected chi connectivity index (χ3v) is 5.31. The van der Waals surface area contributed by atoms with Gasteiger partial charge in [-0.05, 0) is 49.9 Å². The van der Waals surface area contributed by atoms with Crippen molar-refractivity contribution in [2.24, 2.45) is 11.7 Å². The molecular weight excluding hydrogens is 296 g/mol. The topological polar surface area (TPSA) is 72.2 Å². The third-order valence-electron chi connectivity index (χ3n) is 3.82. The molecule has 0 aliphatic heterocycles. The van der Waals surface area contributed by atoms with Crippen molar-refractivity contribution in [1.82, 2.24) is 4.72 Å². The van der Waals surface area contributed by atoms with Gasteiger partial charge in [0.2, 0.25) is 10.0 Å². The van der Waals surface area contributed by atoms with Gasteiger partial charge in [0, 0.05) is 6.04 Å². The molecule has 3 N–H and O–H groups in total. The zero-order valence-electron chi connectivity index (χ0n) is 11.7. The molecule has 1 aliphatic rings. The van der Waals surface area contributed by atoms with Crippen LogP contribution in [-0.4, -0.2) is 21.0 Å². The van der Waals surface area contributed by atoms with Crippen molar-refractivity contribution in [3.8, 4) is 0 Å². The van der Waals surface area contributed by atoms with E-state index in [9.17, 15) is 8.42 Å². The predicted octanol–water partition coefficient (Wildman–Crippen LogP) is 2.21. The second-order valence-electron chi connectivity index (χ2n) is 5.32. The maximum atomic E-state index is 12.4. The molecule has 2 unspecified atom stereocenters. The Morgan fingerprint density at radius 2 is 2.00 bits per heavy atom. The fourth-order valence-electron chi connectivity index (χ4n) is 2.69. The first kappa shape index (κ1) is 17.4. The van der Waals surface area contributed by atoms with E-state index in [4.69, 9.17) is 5.73 Å². The minimum atomic E-state index is -3.43. The maximum absolute atomic E-state index is 12.4. The van der Waals surface area contributed by atoms with Crippen LogP contribution >= 0.6 is 12.4 Å². The van der Waals surface area contributed by atoms with Crippen molar-refractivity contribution in [2.75, 3.05) is 6.54 Å². The smallest absolute Gasteiger partial charge is 0.240 e. The van der Waals surface area contributed by atoms with Gasteiger partial charge in [-0.1, -0.05) is 25.0 Å². The summed E-state index contributed by atoms with van der Waals surface area (Å²) in [7, 11) is -3.43. The highest BCUT2D eigenvalue weighted by molar-refractivity contribution is 7.89. The first-order chi connectivity index (χ1) is 9.03. The van der Waals surface area contributed by atoms with E-state index in [1.165, 1.54) is 0 Å². The molecule has 1 aromatic rings. The fourth-order valence-corrected chi connectivity index (χ4v) is 4.14. The summed E-state index contributed by atoms with van der Waals surface area (Å²) in [5.41, 5.74) is 6.69. The first-order valence-corrected chi connectivity index (χ1v) is 8.30. The molecule has 0 heterocycles. The van der Waals surface area contributed by atoms with Gasteiger partial charge in [-0.15, -0.1) is 12.4 Å². The van der Waals surface area contributed by atoms with E-state index in [2.05, 4.69) is 4.72 Å². The number of halogens is 1. The molecule has 0 spiro atoms. The lowest BCUT2D eigenvalue weighted by molar-refractivity contribution is 0.296. The quantitative estimate of drug-likeness (QED) is 0.894. The van der Waals surface area contributed by atoms with Crippen molar-refractivity contribution in [3.05, 3.63) is 29.8 Å². The SMILES string of the molecule is Cc1cccc(S(=O)(=O)NC2CCCCC2CN)c1.Cl. The molecular formula is C14H23ClN2O2S. The van der Waals surface area contributed by atoms with Crippen LogP contribution in [0.1, 0.15) is 31.2 Å². The van der Waals surface area contributed by atoms with E-state index in [1.54, 1.807) is 18.2 Å². The van der Waals surface area contributed by atoms with Gasteiger partial charge >= 0.3 is 0 Å². The number of benzene rings is 1. The molecule has 20 heavy (non-hydrogen) atoms. The van der Waals surface area contributed by atoms with Crippen LogP contribution in [0.2, 0.25) is 0 Å². The number of hydrogen-bond acceptors (Lipinski definition) is 3. The lowest BCUT2D eigenvalue weighted by Crippen LogP contribution is -2.44. The van der Waals surface area contributed by atoms with E-state index in [0.717, 1.165) is 31.2 Å². The molecule has 114 valence electrons. The molecule has 1 saturated carbocycles. The van der Waals surface area contributed by atoms with Crippen molar-refractivity contribution in [3.63, 3.8) is 0 Å². The highest BCUT2D eigenvalue weighted by Crippen LogP contribution is 2.25. The average Bonchev–Trinajstić information content (AvgIpc) is 2.39. The molecule has 2 atom stereocenters. The molecule has 0 aromatic heterocycles. The summed E-state index contributed by atoms with van der Waals surface area (Å²) in [6.07, 6.45) is 4.10. The molecule has 1 fully saturated rings. The molecule has 0 saturated heterocycles. The van der Waals surface area contributed by atoms with Crippen LogP contribution in [0.5, 0.6) is 0 Å². The Hall–Kier alpha value is -0.620. The zero-order chi connectivity index (χ0) is 13.9. The number of hydrogen-bond donors (Lipinski definition) is 2. The summed E-state index contributed by atoms with van der Waals surface area (Å²) in [4.78, 5) is 0.342. The standard InChI is InChI=1S/C14H22N2O2S.ClH/c1-11-5-4-7-13(9-11)19(17,18)16-14-8-3-2-6-12(14)10-15;/h4-5,7,9,12,14,16H,2-3,6,8,10,15H2,1H3;1H. The van der Waals surface area contributed by atoms with Crippen LogP contribution in [0.4, 0.5) is 0 Å². The van der Waals surface area contributed by atoms with Crippen LogP contribution < -0.4 is 10.5 Å². The zero-order valence-corrected chi connectivity index (χ0v) is 13.3. The number of nitrogens with one attached hydrogen (secondary N) is 1. The Balaban J connectivity index is 0.00000200. The Morgan fingerprint density at radius 3 is 2.65 bits per heavy atom. The first-order valence-electron chi connectivity index (χ1n) is 6.82. The van der Waals surface area contributed by atoms with Gasteiger partial charge in [0.1, 0.15) is 0 Å².